The Bertz CT molecular complexity index is 3370. The van der Waals surface area contributed by atoms with Crippen molar-refractivity contribution in [2.45, 2.75) is 0 Å². The van der Waals surface area contributed by atoms with Gasteiger partial charge in [0, 0.05) is 48.3 Å². The fourth-order valence-corrected chi connectivity index (χ4v) is 20.1. The van der Waals surface area contributed by atoms with Crippen LogP contribution in [0, 0.1) is 0 Å². The highest BCUT2D eigenvalue weighted by atomic mass is 31.2. The first kappa shape index (κ1) is 41.4. The number of hydrogen-bond donors (Lipinski definition) is 0. The normalized spacial score (nSPS) is 12.1. The average Bonchev–Trinajstić information content (AvgIpc) is 3.73. The smallest absolute Gasteiger partial charge is 0.179 e. The monoisotopic (exact) mass is 901 g/mol. The van der Waals surface area contributed by atoms with E-state index in [-0.39, 0.29) is 0 Å². The lowest BCUT2D eigenvalue weighted by Gasteiger charge is -2.34. The molecular formula is C60H45NO2P2Si. The predicted octanol–water partition coefficient (Wildman–Crippen LogP) is 9.44. The van der Waals surface area contributed by atoms with Crippen molar-refractivity contribution < 1.29 is 9.13 Å². The Morgan fingerprint density at radius 1 is 0.273 bits per heavy atom. The molecule has 0 unspecified atom stereocenters. The third-order valence-electron chi connectivity index (χ3n) is 13.1. The van der Waals surface area contributed by atoms with Crippen LogP contribution in [-0.4, -0.2) is 12.6 Å². The number of fused-ring (bicyclic) bond motifs is 3. The molecule has 0 saturated carbocycles. The molecule has 0 amide bonds. The third-order valence-corrected chi connectivity index (χ3v) is 24.0. The molecule has 0 N–H and O–H groups in total. The van der Waals surface area contributed by atoms with Crippen molar-refractivity contribution in [3.8, 4) is 5.69 Å². The number of benzene rings is 10. The van der Waals surface area contributed by atoms with Crippen LogP contribution in [0.3, 0.4) is 0 Å². The quantitative estimate of drug-likeness (QED) is 0.0738. The van der Waals surface area contributed by atoms with Gasteiger partial charge in [-0.15, -0.1) is 0 Å². The van der Waals surface area contributed by atoms with Crippen molar-refractivity contribution in [3.05, 3.63) is 273 Å². The zero-order valence-electron chi connectivity index (χ0n) is 36.1. The van der Waals surface area contributed by atoms with Gasteiger partial charge in [0.05, 0.1) is 11.0 Å². The zero-order valence-corrected chi connectivity index (χ0v) is 38.9. The summed E-state index contributed by atoms with van der Waals surface area (Å²) >= 11 is 0. The summed E-state index contributed by atoms with van der Waals surface area (Å²) in [5.41, 5.74) is 2.96. The molecule has 0 aliphatic rings. The van der Waals surface area contributed by atoms with Gasteiger partial charge in [-0.25, -0.2) is 0 Å². The van der Waals surface area contributed by atoms with Gasteiger partial charge < -0.3 is 13.7 Å². The first-order valence-electron chi connectivity index (χ1n) is 22.3. The maximum atomic E-state index is 16.0. The molecule has 0 fully saturated rings. The van der Waals surface area contributed by atoms with E-state index in [4.69, 9.17) is 0 Å². The van der Waals surface area contributed by atoms with Crippen molar-refractivity contribution >= 4 is 96.7 Å². The van der Waals surface area contributed by atoms with Crippen LogP contribution in [-0.2, 0) is 9.13 Å². The lowest BCUT2D eigenvalue weighted by atomic mass is 10.1. The molecule has 0 aliphatic carbocycles. The zero-order chi connectivity index (χ0) is 44.6. The van der Waals surface area contributed by atoms with Gasteiger partial charge in [-0.3, -0.25) is 0 Å². The second kappa shape index (κ2) is 17.2. The van der Waals surface area contributed by atoms with Gasteiger partial charge in [0.2, 0.25) is 0 Å². The second-order valence-corrected chi connectivity index (χ2v) is 26.0. The van der Waals surface area contributed by atoms with Crippen LogP contribution < -0.4 is 52.6 Å². The molecule has 11 rings (SSSR count). The van der Waals surface area contributed by atoms with Crippen LogP contribution >= 0.6 is 14.3 Å². The Morgan fingerprint density at radius 2 is 0.576 bits per heavy atom. The Labute approximate surface area is 387 Å². The topological polar surface area (TPSA) is 39.1 Å². The van der Waals surface area contributed by atoms with Crippen molar-refractivity contribution in [2.75, 3.05) is 0 Å². The van der Waals surface area contributed by atoms with Crippen LogP contribution in [0.4, 0.5) is 0 Å². The molecular weight excluding hydrogens is 857 g/mol. The SMILES string of the molecule is O=P(c1ccccc1)(c1ccccc1)c1ccc(-n2c3ccc([Si](c4ccccc4)(c4ccccc4)c4ccccc4)cc3c3cc(P(=O)(c4ccccc4)c4ccccc4)ccc32)cc1. The summed E-state index contributed by atoms with van der Waals surface area (Å²) in [7, 11) is -9.44. The summed E-state index contributed by atoms with van der Waals surface area (Å²) in [5, 5.41) is 11.9. The van der Waals surface area contributed by atoms with Gasteiger partial charge in [-0.05, 0) is 69.3 Å². The van der Waals surface area contributed by atoms with E-state index < -0.39 is 22.4 Å². The average molecular weight is 902 g/mol. The lowest BCUT2D eigenvalue weighted by Crippen LogP contribution is -2.74. The summed E-state index contributed by atoms with van der Waals surface area (Å²) in [5.74, 6) is 0. The van der Waals surface area contributed by atoms with Gasteiger partial charge in [-0.1, -0.05) is 224 Å². The van der Waals surface area contributed by atoms with Crippen molar-refractivity contribution in [3.63, 3.8) is 0 Å². The maximum Gasteiger partial charge on any atom is 0.179 e. The summed E-state index contributed by atoms with van der Waals surface area (Å²) < 4.78 is 33.8. The third kappa shape index (κ3) is 6.81. The maximum absolute atomic E-state index is 16.0. The summed E-state index contributed by atoms with van der Waals surface area (Å²) in [6, 6.07) is 94.1. The Kier molecular flexibility index (Phi) is 10.8. The van der Waals surface area contributed by atoms with E-state index in [2.05, 4.69) is 144 Å². The molecule has 10 aromatic carbocycles. The summed E-state index contributed by atoms with van der Waals surface area (Å²) in [6.07, 6.45) is 0. The predicted molar refractivity (Wildman–Crippen MR) is 283 cm³/mol. The van der Waals surface area contributed by atoms with Gasteiger partial charge in [0.25, 0.3) is 0 Å². The number of rotatable bonds is 11. The number of hydrogen-bond acceptors (Lipinski definition) is 2. The molecule has 0 saturated heterocycles. The molecule has 0 aliphatic heterocycles. The Hall–Kier alpha value is -7.32. The molecule has 316 valence electrons. The van der Waals surface area contributed by atoms with Crippen molar-refractivity contribution in [1.82, 2.24) is 4.57 Å². The van der Waals surface area contributed by atoms with Crippen LogP contribution in [0.15, 0.2) is 273 Å². The van der Waals surface area contributed by atoms with Crippen LogP contribution in [0.25, 0.3) is 27.5 Å². The fourth-order valence-electron chi connectivity index (χ4n) is 10.0. The van der Waals surface area contributed by atoms with Crippen molar-refractivity contribution in [1.29, 1.82) is 0 Å². The number of nitrogens with zero attached hydrogens (tertiary/aromatic N) is 1. The molecule has 11 aromatic rings. The highest BCUT2D eigenvalue weighted by Crippen LogP contribution is 2.45. The van der Waals surface area contributed by atoms with Crippen molar-refractivity contribution in [2.24, 2.45) is 0 Å². The molecule has 66 heavy (non-hydrogen) atoms. The minimum absolute atomic E-state index is 0.769. The molecule has 3 nitrogen and oxygen atoms in total. The molecule has 0 spiro atoms. The van der Waals surface area contributed by atoms with E-state index in [9.17, 15) is 0 Å². The summed E-state index contributed by atoms with van der Waals surface area (Å²) in [4.78, 5) is 0. The Balaban J connectivity index is 1.19. The molecule has 6 heteroatoms. The highest BCUT2D eigenvalue weighted by molar-refractivity contribution is 7.85. The van der Waals surface area contributed by atoms with E-state index in [1.165, 1.54) is 20.7 Å². The minimum atomic E-state index is -3.32. The summed E-state index contributed by atoms with van der Waals surface area (Å²) in [6.45, 7) is 0. The first-order valence-corrected chi connectivity index (χ1v) is 27.7. The standard InChI is InChI=1S/C60H45NO2P2Si/c62-64(47-22-8-1-9-23-47,48-24-10-2-11-25-48)51-38-36-46(37-39-51)61-59-42-40-52(65(63,49-26-12-3-13-27-49)50-28-14-4-15-29-50)44-57(59)58-45-56(41-43-60(58)61)66(53-30-16-5-17-31-53,54-32-18-6-19-33-54)55-34-20-7-21-35-55/h1-45H. The van der Waals surface area contributed by atoms with Gasteiger partial charge >= 0.3 is 0 Å². The first-order chi connectivity index (χ1) is 32.5. The van der Waals surface area contributed by atoms with Crippen LogP contribution in [0.1, 0.15) is 0 Å². The molecule has 1 aromatic heterocycles. The van der Waals surface area contributed by atoms with Crippen LogP contribution in [0.5, 0.6) is 0 Å². The molecule has 0 radical (unpaired) electrons. The Morgan fingerprint density at radius 3 is 0.970 bits per heavy atom. The minimum Gasteiger partial charge on any atom is -0.309 e. The van der Waals surface area contributed by atoms with Gasteiger partial charge in [0.15, 0.2) is 22.4 Å². The van der Waals surface area contributed by atoms with E-state index >= 15 is 9.13 Å². The van der Waals surface area contributed by atoms with E-state index in [1.54, 1.807) is 0 Å². The van der Waals surface area contributed by atoms with E-state index in [0.29, 0.717) is 0 Å². The van der Waals surface area contributed by atoms with Gasteiger partial charge in [0.1, 0.15) is 0 Å². The molecule has 0 atom stereocenters. The van der Waals surface area contributed by atoms with E-state index in [1.807, 2.05) is 133 Å². The van der Waals surface area contributed by atoms with Crippen LogP contribution in [0.2, 0.25) is 0 Å². The highest BCUT2D eigenvalue weighted by Gasteiger charge is 2.42. The fraction of sp³-hybridized carbons (Fsp3) is 0. The lowest BCUT2D eigenvalue weighted by molar-refractivity contribution is 0.591. The second-order valence-electron chi connectivity index (χ2n) is 16.7. The molecule has 1 heterocycles. The molecule has 0 bridgehead atoms. The van der Waals surface area contributed by atoms with E-state index in [0.717, 1.165) is 59.3 Å². The van der Waals surface area contributed by atoms with Gasteiger partial charge in [-0.2, -0.15) is 0 Å². The number of aromatic nitrogens is 1. The largest absolute Gasteiger partial charge is 0.309 e.